The van der Waals surface area contributed by atoms with Gasteiger partial charge >= 0.3 is 0 Å². The normalized spacial score (nSPS) is 27.4. The molecule has 3 nitrogen and oxygen atoms in total. The highest BCUT2D eigenvalue weighted by Crippen LogP contribution is 2.15. The molecule has 0 aromatic rings. The predicted molar refractivity (Wildman–Crippen MR) is 67.3 cm³/mol. The zero-order valence-corrected chi connectivity index (χ0v) is 10.9. The van der Waals surface area contributed by atoms with Crippen LogP contribution < -0.4 is 10.6 Å². The van der Waals surface area contributed by atoms with Gasteiger partial charge in [-0.25, -0.2) is 0 Å². The van der Waals surface area contributed by atoms with E-state index in [9.17, 15) is 4.79 Å². The first-order valence-corrected chi connectivity index (χ1v) is 6.69. The van der Waals surface area contributed by atoms with Crippen molar-refractivity contribution in [1.82, 2.24) is 10.6 Å². The van der Waals surface area contributed by atoms with E-state index < -0.39 is 0 Å². The maximum absolute atomic E-state index is 12.0. The Morgan fingerprint density at radius 2 is 2.31 bits per heavy atom. The highest BCUT2D eigenvalue weighted by atomic mass is 16.2. The molecule has 2 N–H and O–H groups in total. The Bertz CT molecular complexity index is 218. The van der Waals surface area contributed by atoms with Crippen LogP contribution in [0.1, 0.15) is 52.9 Å². The highest BCUT2D eigenvalue weighted by molar-refractivity contribution is 5.82. The lowest BCUT2D eigenvalue weighted by atomic mass is 9.92. The fraction of sp³-hybridized carbons (Fsp3) is 0.923. The summed E-state index contributed by atoms with van der Waals surface area (Å²) in [5.41, 5.74) is 0. The quantitative estimate of drug-likeness (QED) is 0.753. The molecule has 16 heavy (non-hydrogen) atoms. The molecule has 0 saturated carbocycles. The SMILES string of the molecule is CCCCC(C)NC(=O)C1NCCCC1C. The van der Waals surface area contributed by atoms with Crippen LogP contribution in [0, 0.1) is 5.92 Å². The summed E-state index contributed by atoms with van der Waals surface area (Å²) in [6.07, 6.45) is 5.82. The molecule has 1 heterocycles. The zero-order valence-electron chi connectivity index (χ0n) is 10.9. The molecule has 0 radical (unpaired) electrons. The van der Waals surface area contributed by atoms with E-state index in [2.05, 4.69) is 31.4 Å². The van der Waals surface area contributed by atoms with Gasteiger partial charge in [-0.3, -0.25) is 4.79 Å². The van der Waals surface area contributed by atoms with E-state index in [1.165, 1.54) is 19.3 Å². The topological polar surface area (TPSA) is 41.1 Å². The van der Waals surface area contributed by atoms with Crippen molar-refractivity contribution in [2.45, 2.75) is 65.0 Å². The van der Waals surface area contributed by atoms with Crippen LogP contribution in [-0.4, -0.2) is 24.5 Å². The molecule has 0 bridgehead atoms. The first kappa shape index (κ1) is 13.5. The van der Waals surface area contributed by atoms with E-state index in [0.717, 1.165) is 19.4 Å². The van der Waals surface area contributed by atoms with Crippen molar-refractivity contribution in [3.63, 3.8) is 0 Å². The standard InChI is InChI=1S/C13H26N2O/c1-4-5-8-11(3)15-13(16)12-10(2)7-6-9-14-12/h10-12,14H,4-9H2,1-3H3,(H,15,16). The molecular formula is C13H26N2O. The van der Waals surface area contributed by atoms with Gasteiger partial charge in [-0.15, -0.1) is 0 Å². The van der Waals surface area contributed by atoms with Crippen LogP contribution in [0.2, 0.25) is 0 Å². The van der Waals surface area contributed by atoms with Gasteiger partial charge in [-0.1, -0.05) is 26.7 Å². The lowest BCUT2D eigenvalue weighted by Crippen LogP contribution is -2.52. The lowest BCUT2D eigenvalue weighted by Gasteiger charge is -2.30. The second-order valence-corrected chi connectivity index (χ2v) is 5.10. The number of carbonyl (C=O) groups is 1. The number of hydrogen-bond donors (Lipinski definition) is 2. The van der Waals surface area contributed by atoms with Gasteiger partial charge in [0.05, 0.1) is 6.04 Å². The minimum atomic E-state index is 0.0258. The van der Waals surface area contributed by atoms with Crippen LogP contribution in [0.3, 0.4) is 0 Å². The van der Waals surface area contributed by atoms with Gasteiger partial charge in [0.2, 0.25) is 5.91 Å². The first-order valence-electron chi connectivity index (χ1n) is 6.69. The average Bonchev–Trinajstić information content (AvgIpc) is 2.26. The number of unbranched alkanes of at least 4 members (excludes halogenated alkanes) is 1. The van der Waals surface area contributed by atoms with Crippen molar-refractivity contribution in [2.24, 2.45) is 5.92 Å². The third kappa shape index (κ3) is 4.12. The van der Waals surface area contributed by atoms with Gasteiger partial charge in [0, 0.05) is 6.04 Å². The second kappa shape index (κ2) is 6.89. The van der Waals surface area contributed by atoms with E-state index in [0.29, 0.717) is 12.0 Å². The number of piperidine rings is 1. The number of rotatable bonds is 5. The molecule has 0 aromatic carbocycles. The lowest BCUT2D eigenvalue weighted by molar-refractivity contribution is -0.125. The van der Waals surface area contributed by atoms with Crippen LogP contribution in [0.5, 0.6) is 0 Å². The predicted octanol–water partition coefficient (Wildman–Crippen LogP) is 2.07. The van der Waals surface area contributed by atoms with Crippen molar-refractivity contribution in [3.05, 3.63) is 0 Å². The van der Waals surface area contributed by atoms with Crippen molar-refractivity contribution < 1.29 is 4.79 Å². The molecule has 1 aliphatic heterocycles. The number of nitrogens with one attached hydrogen (secondary N) is 2. The Morgan fingerprint density at radius 3 is 2.94 bits per heavy atom. The monoisotopic (exact) mass is 226 g/mol. The van der Waals surface area contributed by atoms with Crippen molar-refractivity contribution >= 4 is 5.91 Å². The second-order valence-electron chi connectivity index (χ2n) is 5.10. The van der Waals surface area contributed by atoms with Gasteiger partial charge < -0.3 is 10.6 Å². The Hall–Kier alpha value is -0.570. The summed E-state index contributed by atoms with van der Waals surface area (Å²) >= 11 is 0. The summed E-state index contributed by atoms with van der Waals surface area (Å²) in [7, 11) is 0. The molecule has 1 saturated heterocycles. The molecule has 1 aliphatic rings. The van der Waals surface area contributed by atoms with Crippen LogP contribution in [0.15, 0.2) is 0 Å². The van der Waals surface area contributed by atoms with Gasteiger partial charge in [0.25, 0.3) is 0 Å². The van der Waals surface area contributed by atoms with Gasteiger partial charge in [0.15, 0.2) is 0 Å². The molecular weight excluding hydrogens is 200 g/mol. The molecule has 3 unspecified atom stereocenters. The molecule has 94 valence electrons. The van der Waals surface area contributed by atoms with E-state index in [-0.39, 0.29) is 11.9 Å². The van der Waals surface area contributed by atoms with Gasteiger partial charge in [-0.2, -0.15) is 0 Å². The zero-order chi connectivity index (χ0) is 12.0. The minimum absolute atomic E-state index is 0.0258. The average molecular weight is 226 g/mol. The molecule has 0 aromatic heterocycles. The maximum atomic E-state index is 12.0. The van der Waals surface area contributed by atoms with Crippen molar-refractivity contribution in [2.75, 3.05) is 6.54 Å². The van der Waals surface area contributed by atoms with E-state index in [1.807, 2.05) is 0 Å². The Balaban J connectivity index is 2.32. The molecule has 3 heteroatoms. The number of carbonyl (C=O) groups excluding carboxylic acids is 1. The van der Waals surface area contributed by atoms with Crippen LogP contribution >= 0.6 is 0 Å². The van der Waals surface area contributed by atoms with E-state index in [4.69, 9.17) is 0 Å². The van der Waals surface area contributed by atoms with Crippen LogP contribution in [0.4, 0.5) is 0 Å². The van der Waals surface area contributed by atoms with Crippen molar-refractivity contribution in [3.8, 4) is 0 Å². The van der Waals surface area contributed by atoms with E-state index >= 15 is 0 Å². The number of hydrogen-bond acceptors (Lipinski definition) is 2. The summed E-state index contributed by atoms with van der Waals surface area (Å²) < 4.78 is 0. The third-order valence-electron chi connectivity index (χ3n) is 3.43. The largest absolute Gasteiger partial charge is 0.352 e. The summed E-state index contributed by atoms with van der Waals surface area (Å²) in [5, 5.41) is 6.43. The molecule has 0 spiro atoms. The summed E-state index contributed by atoms with van der Waals surface area (Å²) in [5.74, 6) is 0.655. The molecule has 0 aliphatic carbocycles. The number of amides is 1. The molecule has 3 atom stereocenters. The van der Waals surface area contributed by atoms with Crippen LogP contribution in [-0.2, 0) is 4.79 Å². The summed E-state index contributed by atoms with van der Waals surface area (Å²) in [6.45, 7) is 7.42. The van der Waals surface area contributed by atoms with Crippen LogP contribution in [0.25, 0.3) is 0 Å². The Morgan fingerprint density at radius 1 is 1.56 bits per heavy atom. The molecule has 1 amide bonds. The smallest absolute Gasteiger partial charge is 0.237 e. The van der Waals surface area contributed by atoms with Gasteiger partial charge in [-0.05, 0) is 38.6 Å². The van der Waals surface area contributed by atoms with Gasteiger partial charge in [0.1, 0.15) is 0 Å². The highest BCUT2D eigenvalue weighted by Gasteiger charge is 2.27. The molecule has 1 rings (SSSR count). The first-order chi connectivity index (χ1) is 7.65. The Kier molecular flexibility index (Phi) is 5.81. The third-order valence-corrected chi connectivity index (χ3v) is 3.43. The maximum Gasteiger partial charge on any atom is 0.237 e. The van der Waals surface area contributed by atoms with Crippen molar-refractivity contribution in [1.29, 1.82) is 0 Å². The fourth-order valence-corrected chi connectivity index (χ4v) is 2.32. The summed E-state index contributed by atoms with van der Waals surface area (Å²) in [4.78, 5) is 12.0. The Labute approximate surface area is 99.4 Å². The molecule has 1 fully saturated rings. The van der Waals surface area contributed by atoms with E-state index in [1.54, 1.807) is 0 Å². The summed E-state index contributed by atoms with van der Waals surface area (Å²) in [6, 6.07) is 0.334. The fourth-order valence-electron chi connectivity index (χ4n) is 2.32. The minimum Gasteiger partial charge on any atom is -0.352 e.